The van der Waals surface area contributed by atoms with Gasteiger partial charge in [-0.3, -0.25) is 0 Å². The zero-order chi connectivity index (χ0) is 50.3. The summed E-state index contributed by atoms with van der Waals surface area (Å²) in [5, 5.41) is 0. The Morgan fingerprint density at radius 1 is 0.375 bits per heavy atom. The minimum atomic E-state index is 0.880. The van der Waals surface area contributed by atoms with E-state index >= 15 is 0 Å². The number of ether oxygens (including phenoxy) is 2. The van der Waals surface area contributed by atoms with E-state index in [1.807, 2.05) is 36.9 Å². The number of nitrogens with zero attached hydrogens (tertiary/aromatic N) is 4. The SMILES string of the molecule is CCc1cc(OC)cc(CC)c1Cc1cnc[nH]1.CCc1ccc(OC)c(CC)c1Cc1cnc[nH]1.c1ccc(-c2cccc(Cc3cnc[nH]3)c2)cc1.c1ccc(-c2ccccc2Cc2cnc[nH]2)cc1. The first-order chi connectivity index (χ1) is 35.4. The number of hydrogen-bond acceptors (Lipinski definition) is 6. The van der Waals surface area contributed by atoms with Gasteiger partial charge in [0.15, 0.2) is 0 Å². The summed E-state index contributed by atoms with van der Waals surface area (Å²) >= 11 is 0. The number of aromatic nitrogens is 8. The number of nitrogens with one attached hydrogen (secondary N) is 4. The van der Waals surface area contributed by atoms with Gasteiger partial charge in [-0.15, -0.1) is 0 Å². The fraction of sp³-hybridized carbons (Fsp3) is 0.226. The molecule has 368 valence electrons. The van der Waals surface area contributed by atoms with Crippen LogP contribution in [0.5, 0.6) is 11.5 Å². The highest BCUT2D eigenvalue weighted by Gasteiger charge is 2.14. The van der Waals surface area contributed by atoms with Crippen molar-refractivity contribution in [2.24, 2.45) is 0 Å². The number of H-pyrrole nitrogens is 4. The van der Waals surface area contributed by atoms with Crippen molar-refractivity contribution in [2.75, 3.05) is 14.2 Å². The third-order valence-electron chi connectivity index (χ3n) is 12.7. The van der Waals surface area contributed by atoms with E-state index in [2.05, 4.69) is 189 Å². The van der Waals surface area contributed by atoms with Gasteiger partial charge in [-0.2, -0.15) is 0 Å². The van der Waals surface area contributed by atoms with E-state index < -0.39 is 0 Å². The summed E-state index contributed by atoms with van der Waals surface area (Å²) < 4.78 is 10.8. The van der Waals surface area contributed by atoms with Crippen LogP contribution in [-0.2, 0) is 51.4 Å². The second kappa shape index (κ2) is 27.2. The summed E-state index contributed by atoms with van der Waals surface area (Å²) in [5.41, 5.74) is 20.4. The van der Waals surface area contributed by atoms with Crippen LogP contribution in [0.3, 0.4) is 0 Å². The van der Waals surface area contributed by atoms with Crippen molar-refractivity contribution in [3.05, 3.63) is 251 Å². The van der Waals surface area contributed by atoms with Crippen molar-refractivity contribution in [1.82, 2.24) is 39.9 Å². The molecule has 0 atom stereocenters. The van der Waals surface area contributed by atoms with Gasteiger partial charge in [0.25, 0.3) is 0 Å². The Kier molecular flexibility index (Phi) is 19.5. The Labute approximate surface area is 425 Å². The largest absolute Gasteiger partial charge is 0.497 e. The predicted molar refractivity (Wildman–Crippen MR) is 293 cm³/mol. The molecular weight excluding hydrogens is 889 g/mol. The lowest BCUT2D eigenvalue weighted by Gasteiger charge is -2.16. The van der Waals surface area contributed by atoms with Gasteiger partial charge in [0.1, 0.15) is 11.5 Å². The van der Waals surface area contributed by atoms with Crippen LogP contribution in [0.25, 0.3) is 22.3 Å². The molecular formula is C62H68N8O2. The first-order valence-electron chi connectivity index (χ1n) is 25.0. The molecule has 10 nitrogen and oxygen atoms in total. The average molecular weight is 957 g/mol. The number of benzene rings is 6. The van der Waals surface area contributed by atoms with Gasteiger partial charge in [-0.1, -0.05) is 143 Å². The molecule has 10 rings (SSSR count). The summed E-state index contributed by atoms with van der Waals surface area (Å²) in [6.07, 6.45) is 22.1. The summed E-state index contributed by atoms with van der Waals surface area (Å²) in [6, 6.07) is 46.6. The fourth-order valence-electron chi connectivity index (χ4n) is 8.99. The van der Waals surface area contributed by atoms with Crippen molar-refractivity contribution in [1.29, 1.82) is 0 Å². The van der Waals surface area contributed by atoms with Gasteiger partial charge in [0.05, 0.1) is 39.5 Å². The standard InChI is InChI=1S/2C16H14N2.2C15H20N2O/c1-2-6-14(7-3-1)15-8-4-5-13(9-15)10-16-11-17-12-18-16;1-2-6-13(7-3-1)16-9-5-4-8-14(16)10-15-11-17-12-18-15;1-4-11-6-14(18-3)7-12(5-2)15(11)8-13-9-16-10-17-13;1-4-11-6-7-15(18-3)13(5-2)14(11)8-12-9-16-10-17-12/h2*1-9,11-12H,10H2,(H,17,18);2*6-7,9-10H,4-5,8H2,1-3H3,(H,16,17). The van der Waals surface area contributed by atoms with Crippen LogP contribution in [0.4, 0.5) is 0 Å². The molecule has 0 amide bonds. The average Bonchev–Trinajstić information content (AvgIpc) is 4.32. The van der Waals surface area contributed by atoms with Gasteiger partial charge >= 0.3 is 0 Å². The minimum absolute atomic E-state index is 0.880. The second-order valence-electron chi connectivity index (χ2n) is 17.3. The lowest BCUT2D eigenvalue weighted by molar-refractivity contribution is 0.409. The molecule has 0 aliphatic carbocycles. The molecule has 4 aromatic heterocycles. The number of aryl methyl sites for hydroxylation is 3. The Hall–Kier alpha value is -8.24. The van der Waals surface area contributed by atoms with Gasteiger partial charge in [0.2, 0.25) is 0 Å². The highest BCUT2D eigenvalue weighted by Crippen LogP contribution is 2.30. The quantitative estimate of drug-likeness (QED) is 0.0762. The molecule has 0 radical (unpaired) electrons. The monoisotopic (exact) mass is 957 g/mol. The molecule has 4 N–H and O–H groups in total. The number of hydrogen-bond donors (Lipinski definition) is 4. The Morgan fingerprint density at radius 3 is 1.39 bits per heavy atom. The maximum absolute atomic E-state index is 5.47. The fourth-order valence-corrected chi connectivity index (χ4v) is 8.99. The van der Waals surface area contributed by atoms with E-state index in [0.717, 1.165) is 85.6 Å². The minimum Gasteiger partial charge on any atom is -0.497 e. The van der Waals surface area contributed by atoms with Gasteiger partial charge < -0.3 is 29.4 Å². The Balaban J connectivity index is 0.000000141. The van der Waals surface area contributed by atoms with Crippen LogP contribution in [0.2, 0.25) is 0 Å². The Bertz CT molecular complexity index is 3050. The molecule has 6 aromatic carbocycles. The van der Waals surface area contributed by atoms with Crippen LogP contribution in [0.15, 0.2) is 184 Å². The third-order valence-corrected chi connectivity index (χ3v) is 12.7. The van der Waals surface area contributed by atoms with E-state index in [1.165, 1.54) is 66.8 Å². The molecule has 0 bridgehead atoms. The zero-order valence-corrected chi connectivity index (χ0v) is 42.6. The summed E-state index contributed by atoms with van der Waals surface area (Å²) in [6.45, 7) is 8.74. The van der Waals surface area contributed by atoms with Crippen LogP contribution >= 0.6 is 0 Å². The molecule has 0 fully saturated rings. The topological polar surface area (TPSA) is 133 Å². The van der Waals surface area contributed by atoms with Crippen molar-refractivity contribution in [2.45, 2.75) is 79.1 Å². The lowest BCUT2D eigenvalue weighted by Crippen LogP contribution is -2.03. The number of imidazole rings is 4. The van der Waals surface area contributed by atoms with Crippen LogP contribution in [-0.4, -0.2) is 54.1 Å². The zero-order valence-electron chi connectivity index (χ0n) is 42.6. The molecule has 0 saturated carbocycles. The van der Waals surface area contributed by atoms with E-state index in [4.69, 9.17) is 9.47 Å². The van der Waals surface area contributed by atoms with Gasteiger partial charge in [-0.05, 0) is 111 Å². The van der Waals surface area contributed by atoms with E-state index in [1.54, 1.807) is 39.5 Å². The van der Waals surface area contributed by atoms with E-state index in [9.17, 15) is 0 Å². The highest BCUT2D eigenvalue weighted by atomic mass is 16.5. The van der Waals surface area contributed by atoms with Gasteiger partial charge in [-0.25, -0.2) is 19.9 Å². The van der Waals surface area contributed by atoms with Crippen LogP contribution in [0.1, 0.15) is 95.0 Å². The molecule has 72 heavy (non-hydrogen) atoms. The lowest BCUT2D eigenvalue weighted by atomic mass is 9.93. The first kappa shape index (κ1) is 51.6. The summed E-state index contributed by atoms with van der Waals surface area (Å²) in [4.78, 5) is 28.9. The molecule has 10 heteroatoms. The number of aromatic amines is 4. The first-order valence-corrected chi connectivity index (χ1v) is 25.0. The third kappa shape index (κ3) is 14.4. The number of rotatable bonds is 16. The Morgan fingerprint density at radius 2 is 0.875 bits per heavy atom. The van der Waals surface area contributed by atoms with Crippen molar-refractivity contribution >= 4 is 0 Å². The second-order valence-corrected chi connectivity index (χ2v) is 17.3. The van der Waals surface area contributed by atoms with Crippen molar-refractivity contribution in [3.8, 4) is 33.8 Å². The summed E-state index contributed by atoms with van der Waals surface area (Å²) in [7, 11) is 3.46. The van der Waals surface area contributed by atoms with Crippen LogP contribution < -0.4 is 9.47 Å². The highest BCUT2D eigenvalue weighted by molar-refractivity contribution is 5.68. The van der Waals surface area contributed by atoms with Crippen molar-refractivity contribution < 1.29 is 9.47 Å². The molecule has 0 spiro atoms. The molecule has 10 aromatic rings. The molecule has 4 heterocycles. The molecule has 0 saturated heterocycles. The normalized spacial score (nSPS) is 10.5. The smallest absolute Gasteiger partial charge is 0.122 e. The summed E-state index contributed by atoms with van der Waals surface area (Å²) in [5.74, 6) is 1.95. The molecule has 0 aliphatic rings. The van der Waals surface area contributed by atoms with Crippen LogP contribution in [0, 0.1) is 0 Å². The van der Waals surface area contributed by atoms with Crippen molar-refractivity contribution in [3.63, 3.8) is 0 Å². The molecule has 0 aliphatic heterocycles. The molecule has 0 unspecified atom stereocenters. The maximum atomic E-state index is 5.47. The van der Waals surface area contributed by atoms with E-state index in [-0.39, 0.29) is 0 Å². The maximum Gasteiger partial charge on any atom is 0.122 e. The number of methoxy groups -OCH3 is 2. The predicted octanol–water partition coefficient (Wildman–Crippen LogP) is 13.6. The van der Waals surface area contributed by atoms with E-state index in [0.29, 0.717) is 0 Å². The van der Waals surface area contributed by atoms with Gasteiger partial charge in [0, 0.05) is 73.2 Å².